The van der Waals surface area contributed by atoms with Gasteiger partial charge in [0, 0.05) is 47.9 Å². The molecular weight excluding hydrogens is 418 g/mol. The van der Waals surface area contributed by atoms with Crippen molar-refractivity contribution in [2.24, 2.45) is 5.92 Å². The molecule has 8 heteroatoms. The number of nitrogens with one attached hydrogen (secondary N) is 3. The highest BCUT2D eigenvalue weighted by molar-refractivity contribution is 5.98. The zero-order valence-electron chi connectivity index (χ0n) is 19.1. The van der Waals surface area contributed by atoms with E-state index in [1.165, 1.54) is 10.6 Å². The number of amides is 1. The van der Waals surface area contributed by atoms with Crippen LogP contribution < -0.4 is 10.9 Å². The molecule has 1 saturated heterocycles. The van der Waals surface area contributed by atoms with Crippen LogP contribution in [0.4, 0.5) is 0 Å². The summed E-state index contributed by atoms with van der Waals surface area (Å²) in [4.78, 5) is 33.9. The number of ether oxygens (including phenoxy) is 1. The van der Waals surface area contributed by atoms with E-state index in [0.717, 1.165) is 48.2 Å². The molecule has 4 heterocycles. The normalized spacial score (nSPS) is 16.0. The first-order valence-electron chi connectivity index (χ1n) is 11.5. The Morgan fingerprint density at radius 1 is 1.18 bits per heavy atom. The smallest absolute Gasteiger partial charge is 0.272 e. The Balaban J connectivity index is 1.44. The van der Waals surface area contributed by atoms with Crippen LogP contribution in [0.25, 0.3) is 16.6 Å². The molecule has 0 saturated carbocycles. The Morgan fingerprint density at radius 2 is 1.97 bits per heavy atom. The van der Waals surface area contributed by atoms with Crippen LogP contribution in [0.15, 0.2) is 41.2 Å². The number of hydrogen-bond donors (Lipinski definition) is 3. The molecule has 172 valence electrons. The number of rotatable bonds is 5. The maximum atomic E-state index is 13.1. The lowest BCUT2D eigenvalue weighted by molar-refractivity contribution is 0.0844. The lowest BCUT2D eigenvalue weighted by Crippen LogP contribution is -2.33. The summed E-state index contributed by atoms with van der Waals surface area (Å²) < 4.78 is 6.93. The van der Waals surface area contributed by atoms with Crippen LogP contribution in [-0.4, -0.2) is 38.7 Å². The minimum absolute atomic E-state index is 0.0452. The van der Waals surface area contributed by atoms with E-state index in [-0.39, 0.29) is 17.4 Å². The van der Waals surface area contributed by atoms with Crippen LogP contribution in [0, 0.1) is 12.8 Å². The van der Waals surface area contributed by atoms with Crippen molar-refractivity contribution in [1.82, 2.24) is 24.9 Å². The van der Waals surface area contributed by atoms with E-state index in [1.54, 1.807) is 0 Å². The van der Waals surface area contributed by atoms with Gasteiger partial charge in [-0.1, -0.05) is 26.0 Å². The first kappa shape index (κ1) is 21.5. The molecule has 3 N–H and O–H groups in total. The lowest BCUT2D eigenvalue weighted by Gasteiger charge is -2.21. The standard InChI is InChI=1S/C25H29N5O3/c1-14(2)24(28-25(32)21-11-17-5-4-15(3)10-18(17)26-21)20-13-23(31)30-22(27-20)12-19(29-30)16-6-8-33-9-7-16/h4-5,10-14,16,24,26,29H,6-9H2,1-3H3,(H,28,32)/t24-/m1/s1. The SMILES string of the molecule is Cc1ccc2cc(C(=O)N[C@@H](c3cc(=O)n4[nH]c(C5CCOCC5)cc4n3)C(C)C)[nH]c2c1. The van der Waals surface area contributed by atoms with Crippen LogP contribution in [-0.2, 0) is 4.74 Å². The molecule has 0 spiro atoms. The summed E-state index contributed by atoms with van der Waals surface area (Å²) in [5.41, 5.74) is 4.48. The van der Waals surface area contributed by atoms with E-state index in [4.69, 9.17) is 9.72 Å². The van der Waals surface area contributed by atoms with Gasteiger partial charge in [0.1, 0.15) is 5.69 Å². The first-order valence-corrected chi connectivity index (χ1v) is 11.5. The predicted octanol–water partition coefficient (Wildman–Crippen LogP) is 3.83. The van der Waals surface area contributed by atoms with Crippen LogP contribution in [0.5, 0.6) is 0 Å². The van der Waals surface area contributed by atoms with Gasteiger partial charge in [-0.05, 0) is 43.4 Å². The second kappa shape index (κ2) is 8.51. The minimum Gasteiger partial charge on any atom is -0.381 e. The zero-order valence-corrected chi connectivity index (χ0v) is 19.1. The van der Waals surface area contributed by atoms with Crippen LogP contribution in [0.2, 0.25) is 0 Å². The molecule has 33 heavy (non-hydrogen) atoms. The topological polar surface area (TPSA) is 104 Å². The number of hydrogen-bond acceptors (Lipinski definition) is 4. The molecular formula is C25H29N5O3. The Kier molecular flexibility index (Phi) is 5.54. The summed E-state index contributed by atoms with van der Waals surface area (Å²) in [5.74, 6) is 0.153. The van der Waals surface area contributed by atoms with Gasteiger partial charge in [0.2, 0.25) is 0 Å². The average Bonchev–Trinajstić information content (AvgIpc) is 3.42. The molecule has 3 aromatic heterocycles. The molecule has 1 amide bonds. The molecule has 0 bridgehead atoms. The lowest BCUT2D eigenvalue weighted by atomic mass is 9.97. The molecule has 1 aliphatic rings. The molecule has 0 unspecified atom stereocenters. The number of aromatic amines is 2. The van der Waals surface area contributed by atoms with Gasteiger partial charge < -0.3 is 15.0 Å². The van der Waals surface area contributed by atoms with E-state index in [0.29, 0.717) is 23.0 Å². The van der Waals surface area contributed by atoms with Gasteiger partial charge in [0.15, 0.2) is 5.65 Å². The second-order valence-electron chi connectivity index (χ2n) is 9.28. The highest BCUT2D eigenvalue weighted by Gasteiger charge is 2.24. The summed E-state index contributed by atoms with van der Waals surface area (Å²) in [6.07, 6.45) is 1.84. The Morgan fingerprint density at radius 3 is 2.73 bits per heavy atom. The van der Waals surface area contributed by atoms with Crippen molar-refractivity contribution >= 4 is 22.5 Å². The molecule has 0 aliphatic carbocycles. The molecule has 1 aliphatic heterocycles. The van der Waals surface area contributed by atoms with E-state index in [2.05, 4.69) is 15.4 Å². The zero-order chi connectivity index (χ0) is 23.1. The number of nitrogens with zero attached hydrogens (tertiary/aromatic N) is 2. The third-order valence-corrected chi connectivity index (χ3v) is 6.45. The highest BCUT2D eigenvalue weighted by atomic mass is 16.5. The number of aromatic nitrogens is 4. The van der Waals surface area contributed by atoms with Crippen molar-refractivity contribution in [3.63, 3.8) is 0 Å². The number of carbonyl (C=O) groups is 1. The van der Waals surface area contributed by atoms with Gasteiger partial charge in [-0.15, -0.1) is 0 Å². The molecule has 4 aromatic rings. The summed E-state index contributed by atoms with van der Waals surface area (Å²) in [6, 6.07) is 10.9. The fourth-order valence-electron chi connectivity index (χ4n) is 4.57. The van der Waals surface area contributed by atoms with Crippen LogP contribution in [0.3, 0.4) is 0 Å². The highest BCUT2D eigenvalue weighted by Crippen LogP contribution is 2.27. The van der Waals surface area contributed by atoms with Gasteiger partial charge in [-0.2, -0.15) is 0 Å². The van der Waals surface area contributed by atoms with Crippen molar-refractivity contribution in [2.75, 3.05) is 13.2 Å². The third kappa shape index (κ3) is 4.18. The predicted molar refractivity (Wildman–Crippen MR) is 127 cm³/mol. The first-order chi connectivity index (χ1) is 15.9. The van der Waals surface area contributed by atoms with Gasteiger partial charge in [-0.25, -0.2) is 9.50 Å². The number of benzene rings is 1. The Labute approximate surface area is 191 Å². The molecule has 0 radical (unpaired) electrons. The van der Waals surface area contributed by atoms with Gasteiger partial charge in [0.25, 0.3) is 11.5 Å². The fraction of sp³-hybridized carbons (Fsp3) is 0.400. The van der Waals surface area contributed by atoms with E-state index < -0.39 is 6.04 Å². The minimum atomic E-state index is -0.398. The largest absolute Gasteiger partial charge is 0.381 e. The van der Waals surface area contributed by atoms with Crippen molar-refractivity contribution in [3.8, 4) is 0 Å². The van der Waals surface area contributed by atoms with Gasteiger partial charge in [-0.3, -0.25) is 14.7 Å². The number of fused-ring (bicyclic) bond motifs is 2. The quantitative estimate of drug-likeness (QED) is 0.432. The Bertz CT molecular complexity index is 1370. The second-order valence-corrected chi connectivity index (χ2v) is 9.28. The maximum Gasteiger partial charge on any atom is 0.272 e. The monoisotopic (exact) mass is 447 g/mol. The van der Waals surface area contributed by atoms with E-state index in [9.17, 15) is 9.59 Å². The summed E-state index contributed by atoms with van der Waals surface area (Å²) in [6.45, 7) is 7.48. The van der Waals surface area contributed by atoms with E-state index in [1.807, 2.05) is 51.1 Å². The van der Waals surface area contributed by atoms with Crippen molar-refractivity contribution < 1.29 is 9.53 Å². The van der Waals surface area contributed by atoms with Crippen molar-refractivity contribution in [2.45, 2.75) is 45.6 Å². The molecule has 1 fully saturated rings. The number of carbonyl (C=O) groups excluding carboxylic acids is 1. The van der Waals surface area contributed by atoms with Gasteiger partial charge >= 0.3 is 0 Å². The summed E-state index contributed by atoms with van der Waals surface area (Å²) in [7, 11) is 0. The average molecular weight is 448 g/mol. The molecule has 8 nitrogen and oxygen atoms in total. The van der Waals surface area contributed by atoms with Crippen molar-refractivity contribution in [3.05, 3.63) is 69.4 Å². The van der Waals surface area contributed by atoms with Gasteiger partial charge in [0.05, 0.1) is 11.7 Å². The maximum absolute atomic E-state index is 13.1. The van der Waals surface area contributed by atoms with Crippen LogP contribution in [0.1, 0.15) is 66.1 Å². The summed E-state index contributed by atoms with van der Waals surface area (Å²) >= 11 is 0. The van der Waals surface area contributed by atoms with E-state index >= 15 is 0 Å². The number of H-pyrrole nitrogens is 2. The summed E-state index contributed by atoms with van der Waals surface area (Å²) in [5, 5.41) is 7.27. The molecule has 1 aromatic carbocycles. The van der Waals surface area contributed by atoms with Crippen LogP contribution >= 0.6 is 0 Å². The van der Waals surface area contributed by atoms with Crippen molar-refractivity contribution in [1.29, 1.82) is 0 Å². The molecule has 5 rings (SSSR count). The fourth-order valence-corrected chi connectivity index (χ4v) is 4.57. The molecule has 1 atom stereocenters. The Hall–Kier alpha value is -3.39. The third-order valence-electron chi connectivity index (χ3n) is 6.45. The number of aryl methyl sites for hydroxylation is 1.